The zero-order valence-electron chi connectivity index (χ0n) is 17.4. The lowest BCUT2D eigenvalue weighted by Gasteiger charge is -2.25. The molecule has 1 amide bonds. The molecular weight excluding hydrogens is 382 g/mol. The van der Waals surface area contributed by atoms with Crippen LogP contribution < -0.4 is 10.5 Å². The number of amides is 1. The van der Waals surface area contributed by atoms with Gasteiger partial charge in [-0.15, -0.1) is 0 Å². The molecule has 2 heterocycles. The zero-order chi connectivity index (χ0) is 21.1. The highest BCUT2D eigenvalue weighted by molar-refractivity contribution is 5.83. The van der Waals surface area contributed by atoms with Crippen molar-refractivity contribution in [3.8, 4) is 5.75 Å². The first kappa shape index (κ1) is 20.2. The third-order valence-electron chi connectivity index (χ3n) is 5.73. The summed E-state index contributed by atoms with van der Waals surface area (Å²) in [6, 6.07) is 14.7. The molecule has 1 atom stereocenters. The van der Waals surface area contributed by atoms with E-state index in [4.69, 9.17) is 9.15 Å². The minimum absolute atomic E-state index is 0.0463. The highest BCUT2D eigenvalue weighted by Crippen LogP contribution is 2.20. The number of hydrogen-bond acceptors (Lipinski definition) is 5. The Labute approximate surface area is 175 Å². The van der Waals surface area contributed by atoms with E-state index in [9.17, 15) is 9.59 Å². The number of oxazole rings is 1. The van der Waals surface area contributed by atoms with Gasteiger partial charge in [0, 0.05) is 32.7 Å². The van der Waals surface area contributed by atoms with E-state index in [1.165, 1.54) is 10.1 Å². The summed E-state index contributed by atoms with van der Waals surface area (Å²) in [4.78, 5) is 29.7. The third-order valence-corrected chi connectivity index (χ3v) is 5.73. The van der Waals surface area contributed by atoms with Crippen LogP contribution in [0, 0.1) is 0 Å². The van der Waals surface area contributed by atoms with E-state index in [0.29, 0.717) is 24.2 Å². The first-order chi connectivity index (χ1) is 14.6. The van der Waals surface area contributed by atoms with Crippen LogP contribution in [-0.4, -0.2) is 53.6 Å². The molecule has 1 aromatic heterocycles. The second-order valence-corrected chi connectivity index (χ2v) is 7.68. The normalized spacial score (nSPS) is 16.4. The topological polar surface area (TPSA) is 67.9 Å². The van der Waals surface area contributed by atoms with Gasteiger partial charge in [0.1, 0.15) is 11.8 Å². The number of rotatable bonds is 5. The van der Waals surface area contributed by atoms with E-state index in [2.05, 4.69) is 17.0 Å². The Morgan fingerprint density at radius 3 is 2.60 bits per heavy atom. The largest absolute Gasteiger partial charge is 0.497 e. The van der Waals surface area contributed by atoms with E-state index in [-0.39, 0.29) is 5.91 Å². The molecule has 0 N–H and O–H groups in total. The molecule has 0 aliphatic carbocycles. The smallest absolute Gasteiger partial charge is 0.420 e. The fourth-order valence-electron chi connectivity index (χ4n) is 4.06. The standard InChI is InChI=1S/C23H27N3O4/c1-17(26-20-6-3-4-7-21(20)30-23(26)28)22(27)25-13-5-12-24(14-15-25)16-18-8-10-19(29-2)11-9-18/h3-4,6-11,17H,5,12-16H2,1-2H3. The lowest BCUT2D eigenvalue weighted by atomic mass is 10.2. The molecule has 1 aliphatic heterocycles. The molecule has 0 radical (unpaired) electrons. The first-order valence-corrected chi connectivity index (χ1v) is 10.3. The van der Waals surface area contributed by atoms with E-state index >= 15 is 0 Å². The van der Waals surface area contributed by atoms with Crippen molar-refractivity contribution in [1.82, 2.24) is 14.4 Å². The molecule has 7 nitrogen and oxygen atoms in total. The number of methoxy groups -OCH3 is 1. The van der Waals surface area contributed by atoms with Gasteiger partial charge in [-0.25, -0.2) is 4.79 Å². The van der Waals surface area contributed by atoms with Crippen LogP contribution in [0.5, 0.6) is 5.75 Å². The van der Waals surface area contributed by atoms with Crippen LogP contribution in [0.25, 0.3) is 11.1 Å². The maximum absolute atomic E-state index is 13.2. The predicted molar refractivity (Wildman–Crippen MR) is 115 cm³/mol. The number of ether oxygens (including phenoxy) is 1. The molecule has 7 heteroatoms. The van der Waals surface area contributed by atoms with Crippen molar-refractivity contribution in [2.24, 2.45) is 0 Å². The lowest BCUT2D eigenvalue weighted by molar-refractivity contribution is -0.134. The number of hydrogen-bond donors (Lipinski definition) is 0. The molecule has 0 saturated carbocycles. The SMILES string of the molecule is COc1ccc(CN2CCCN(C(=O)C(C)n3c(=O)oc4ccccc43)CC2)cc1. The van der Waals surface area contributed by atoms with Gasteiger partial charge in [0.05, 0.1) is 12.6 Å². The van der Waals surface area contributed by atoms with Gasteiger partial charge in [-0.2, -0.15) is 0 Å². The van der Waals surface area contributed by atoms with Crippen molar-refractivity contribution in [3.63, 3.8) is 0 Å². The maximum Gasteiger partial charge on any atom is 0.420 e. The summed E-state index contributed by atoms with van der Waals surface area (Å²) in [5.41, 5.74) is 2.38. The van der Waals surface area contributed by atoms with E-state index < -0.39 is 11.8 Å². The van der Waals surface area contributed by atoms with Gasteiger partial charge in [-0.05, 0) is 43.2 Å². The van der Waals surface area contributed by atoms with Crippen LogP contribution in [-0.2, 0) is 11.3 Å². The van der Waals surface area contributed by atoms with Crippen molar-refractivity contribution in [3.05, 3.63) is 64.6 Å². The quantitative estimate of drug-likeness (QED) is 0.648. The summed E-state index contributed by atoms with van der Waals surface area (Å²) >= 11 is 0. The van der Waals surface area contributed by atoms with Crippen LogP contribution in [0.1, 0.15) is 24.9 Å². The van der Waals surface area contributed by atoms with Gasteiger partial charge in [-0.3, -0.25) is 14.3 Å². The molecule has 30 heavy (non-hydrogen) atoms. The number of carbonyl (C=O) groups excluding carboxylic acids is 1. The maximum atomic E-state index is 13.2. The molecule has 0 bridgehead atoms. The molecule has 158 valence electrons. The molecule has 4 rings (SSSR count). The van der Waals surface area contributed by atoms with Crippen LogP contribution in [0.3, 0.4) is 0 Å². The van der Waals surface area contributed by atoms with Crippen LogP contribution in [0.4, 0.5) is 0 Å². The Morgan fingerprint density at radius 1 is 1.07 bits per heavy atom. The monoisotopic (exact) mass is 409 g/mol. The Balaban J connectivity index is 1.42. The zero-order valence-corrected chi connectivity index (χ0v) is 17.4. The summed E-state index contributed by atoms with van der Waals surface area (Å²) in [5.74, 6) is 0.311. The molecule has 1 unspecified atom stereocenters. The second kappa shape index (κ2) is 8.75. The predicted octanol–water partition coefficient (Wildman–Crippen LogP) is 2.90. The fourth-order valence-corrected chi connectivity index (χ4v) is 4.06. The van der Waals surface area contributed by atoms with E-state index in [1.54, 1.807) is 20.1 Å². The van der Waals surface area contributed by atoms with Crippen molar-refractivity contribution in [2.75, 3.05) is 33.3 Å². The molecule has 1 aliphatic rings. The van der Waals surface area contributed by atoms with Gasteiger partial charge in [0.15, 0.2) is 5.58 Å². The average molecular weight is 409 g/mol. The summed E-state index contributed by atoms with van der Waals surface area (Å²) in [7, 11) is 1.66. The number of carbonyl (C=O) groups is 1. The van der Waals surface area contributed by atoms with Gasteiger partial charge >= 0.3 is 5.76 Å². The second-order valence-electron chi connectivity index (χ2n) is 7.68. The molecule has 0 spiro atoms. The average Bonchev–Trinajstić information content (AvgIpc) is 2.93. The Kier molecular flexibility index (Phi) is 5.90. The van der Waals surface area contributed by atoms with Crippen molar-refractivity contribution in [1.29, 1.82) is 0 Å². The summed E-state index contributed by atoms with van der Waals surface area (Å²) < 4.78 is 12.0. The van der Waals surface area contributed by atoms with Crippen molar-refractivity contribution < 1.29 is 13.9 Å². The summed E-state index contributed by atoms with van der Waals surface area (Å²) in [6.07, 6.45) is 0.898. The number of para-hydroxylation sites is 2. The number of aromatic nitrogens is 1. The number of nitrogens with zero attached hydrogens (tertiary/aromatic N) is 3. The minimum atomic E-state index is -0.603. The summed E-state index contributed by atoms with van der Waals surface area (Å²) in [5, 5.41) is 0. The minimum Gasteiger partial charge on any atom is -0.497 e. The van der Waals surface area contributed by atoms with Gasteiger partial charge in [0.25, 0.3) is 0 Å². The third kappa shape index (κ3) is 4.11. The molecule has 3 aromatic rings. The number of benzene rings is 2. The highest BCUT2D eigenvalue weighted by Gasteiger charge is 2.27. The van der Waals surface area contributed by atoms with Crippen molar-refractivity contribution >= 4 is 17.0 Å². The van der Waals surface area contributed by atoms with Crippen molar-refractivity contribution in [2.45, 2.75) is 25.9 Å². The Hall–Kier alpha value is -3.06. The summed E-state index contributed by atoms with van der Waals surface area (Å²) in [6.45, 7) is 5.67. The first-order valence-electron chi connectivity index (χ1n) is 10.3. The van der Waals surface area contributed by atoms with Gasteiger partial charge < -0.3 is 14.1 Å². The van der Waals surface area contributed by atoms with Crippen LogP contribution >= 0.6 is 0 Å². The number of fused-ring (bicyclic) bond motifs is 1. The Morgan fingerprint density at radius 2 is 1.83 bits per heavy atom. The van der Waals surface area contributed by atoms with E-state index in [1.807, 2.05) is 35.2 Å². The molecule has 2 aromatic carbocycles. The lowest BCUT2D eigenvalue weighted by Crippen LogP contribution is -2.40. The van der Waals surface area contributed by atoms with E-state index in [0.717, 1.165) is 31.8 Å². The van der Waals surface area contributed by atoms with Crippen LogP contribution in [0.2, 0.25) is 0 Å². The molecule has 1 saturated heterocycles. The molecule has 1 fully saturated rings. The van der Waals surface area contributed by atoms with Crippen LogP contribution in [0.15, 0.2) is 57.7 Å². The Bertz CT molecular complexity index is 1070. The fraction of sp³-hybridized carbons (Fsp3) is 0.391. The van der Waals surface area contributed by atoms with Gasteiger partial charge in [-0.1, -0.05) is 24.3 Å². The van der Waals surface area contributed by atoms with Gasteiger partial charge in [0.2, 0.25) is 5.91 Å². The molecular formula is C23H27N3O4. The highest BCUT2D eigenvalue weighted by atomic mass is 16.5.